The summed E-state index contributed by atoms with van der Waals surface area (Å²) in [7, 11) is 1.68. The van der Waals surface area contributed by atoms with Crippen molar-refractivity contribution < 1.29 is 4.74 Å². The number of hydrogen-bond acceptors (Lipinski definition) is 4. The molecule has 0 bridgehead atoms. The van der Waals surface area contributed by atoms with Gasteiger partial charge in [0.05, 0.1) is 13.7 Å². The molecule has 0 saturated carbocycles. The summed E-state index contributed by atoms with van der Waals surface area (Å²) >= 11 is 0. The predicted octanol–water partition coefficient (Wildman–Crippen LogP) is 3.75. The molecule has 7 nitrogen and oxygen atoms in total. The van der Waals surface area contributed by atoms with Gasteiger partial charge in [-0.1, -0.05) is 48.9 Å². The molecule has 0 aliphatic rings. The van der Waals surface area contributed by atoms with Gasteiger partial charge >= 0.3 is 0 Å². The first-order valence-electron chi connectivity index (χ1n) is 10.7. The summed E-state index contributed by atoms with van der Waals surface area (Å²) in [6.45, 7) is 7.14. The van der Waals surface area contributed by atoms with E-state index in [4.69, 9.17) is 9.73 Å². The molecule has 0 saturated heterocycles. The van der Waals surface area contributed by atoms with E-state index in [2.05, 4.69) is 75.6 Å². The van der Waals surface area contributed by atoms with Crippen LogP contribution >= 0.6 is 24.0 Å². The van der Waals surface area contributed by atoms with E-state index in [0.29, 0.717) is 6.54 Å². The minimum atomic E-state index is 0. The lowest BCUT2D eigenvalue weighted by atomic mass is 10.1. The molecule has 0 aliphatic heterocycles. The highest BCUT2D eigenvalue weighted by molar-refractivity contribution is 14.0. The lowest BCUT2D eigenvalue weighted by molar-refractivity contribution is 0.414. The summed E-state index contributed by atoms with van der Waals surface area (Å²) in [5, 5.41) is 15.0. The van der Waals surface area contributed by atoms with Crippen molar-refractivity contribution in [3.8, 4) is 5.75 Å². The number of halogens is 1. The van der Waals surface area contributed by atoms with Crippen molar-refractivity contribution in [3.05, 3.63) is 77.4 Å². The van der Waals surface area contributed by atoms with Crippen LogP contribution in [-0.4, -0.2) is 40.9 Å². The van der Waals surface area contributed by atoms with E-state index < -0.39 is 0 Å². The molecule has 2 N–H and O–H groups in total. The summed E-state index contributed by atoms with van der Waals surface area (Å²) < 4.78 is 7.30. The van der Waals surface area contributed by atoms with Crippen molar-refractivity contribution in [3.63, 3.8) is 0 Å². The molecule has 1 aromatic heterocycles. The Morgan fingerprint density at radius 1 is 1.00 bits per heavy atom. The van der Waals surface area contributed by atoms with Crippen molar-refractivity contribution >= 4 is 29.9 Å². The van der Waals surface area contributed by atoms with Gasteiger partial charge in [0.25, 0.3) is 0 Å². The highest BCUT2D eigenvalue weighted by atomic mass is 127. The third-order valence-electron chi connectivity index (χ3n) is 5.06. The monoisotopic (exact) mass is 548 g/mol. The summed E-state index contributed by atoms with van der Waals surface area (Å²) in [5.41, 5.74) is 3.70. The van der Waals surface area contributed by atoms with E-state index in [-0.39, 0.29) is 24.0 Å². The average molecular weight is 548 g/mol. The van der Waals surface area contributed by atoms with Crippen molar-refractivity contribution in [1.29, 1.82) is 0 Å². The molecule has 0 aliphatic carbocycles. The van der Waals surface area contributed by atoms with Crippen LogP contribution in [0.15, 0.2) is 59.9 Å². The Hall–Kier alpha value is -2.62. The Morgan fingerprint density at radius 2 is 1.69 bits per heavy atom. The SMILES string of the molecule is CCc1nncn1CCNC(=NCc1ccc(C)cc1)NCCc1ccc(OC)cc1.I. The predicted molar refractivity (Wildman–Crippen MR) is 140 cm³/mol. The van der Waals surface area contributed by atoms with Crippen LogP contribution in [0.1, 0.15) is 29.4 Å². The number of aliphatic imine (C=N–C) groups is 1. The lowest BCUT2D eigenvalue weighted by Crippen LogP contribution is -2.40. The molecule has 0 fully saturated rings. The maximum Gasteiger partial charge on any atom is 0.191 e. The first-order valence-corrected chi connectivity index (χ1v) is 10.7. The van der Waals surface area contributed by atoms with Crippen molar-refractivity contribution in [2.75, 3.05) is 20.2 Å². The maximum absolute atomic E-state index is 5.23. The number of nitrogens with zero attached hydrogens (tertiary/aromatic N) is 4. The van der Waals surface area contributed by atoms with Crippen molar-refractivity contribution in [1.82, 2.24) is 25.4 Å². The van der Waals surface area contributed by atoms with Crippen LogP contribution in [0.2, 0.25) is 0 Å². The molecule has 2 aromatic carbocycles. The van der Waals surface area contributed by atoms with Gasteiger partial charge in [-0.2, -0.15) is 0 Å². The van der Waals surface area contributed by atoms with Crippen molar-refractivity contribution in [2.45, 2.75) is 39.8 Å². The molecule has 1 heterocycles. The third kappa shape index (κ3) is 8.14. The number of guanidine groups is 1. The highest BCUT2D eigenvalue weighted by Crippen LogP contribution is 2.11. The topological polar surface area (TPSA) is 76.4 Å². The Morgan fingerprint density at radius 3 is 2.38 bits per heavy atom. The molecular formula is C24H33IN6O. The quantitative estimate of drug-likeness (QED) is 0.229. The maximum atomic E-state index is 5.23. The molecule has 8 heteroatoms. The van der Waals surface area contributed by atoms with Crippen LogP contribution < -0.4 is 15.4 Å². The van der Waals surface area contributed by atoms with Gasteiger partial charge in [0.15, 0.2) is 5.96 Å². The van der Waals surface area contributed by atoms with Gasteiger partial charge < -0.3 is 19.9 Å². The first kappa shape index (κ1) is 25.6. The van der Waals surface area contributed by atoms with Crippen LogP contribution in [0.3, 0.4) is 0 Å². The molecule has 0 atom stereocenters. The van der Waals surface area contributed by atoms with E-state index in [1.165, 1.54) is 16.7 Å². The smallest absolute Gasteiger partial charge is 0.191 e. The van der Waals surface area contributed by atoms with E-state index in [1.54, 1.807) is 13.4 Å². The Kier molecular flexibility index (Phi) is 11.0. The van der Waals surface area contributed by atoms with E-state index in [9.17, 15) is 0 Å². The van der Waals surface area contributed by atoms with Gasteiger partial charge in [-0.25, -0.2) is 4.99 Å². The zero-order chi connectivity index (χ0) is 21.9. The zero-order valence-corrected chi connectivity index (χ0v) is 21.4. The Balaban J connectivity index is 0.00000363. The number of nitrogens with one attached hydrogen (secondary N) is 2. The number of benzene rings is 2. The minimum Gasteiger partial charge on any atom is -0.497 e. The number of hydrogen-bond donors (Lipinski definition) is 2. The van der Waals surface area contributed by atoms with Crippen LogP contribution in [0.5, 0.6) is 5.75 Å². The van der Waals surface area contributed by atoms with Crippen LogP contribution in [0.25, 0.3) is 0 Å². The van der Waals surface area contributed by atoms with Gasteiger partial charge in [0.1, 0.15) is 17.9 Å². The molecular weight excluding hydrogens is 515 g/mol. The van der Waals surface area contributed by atoms with E-state index in [0.717, 1.165) is 50.0 Å². The molecule has 0 unspecified atom stereocenters. The van der Waals surface area contributed by atoms with Gasteiger partial charge in [0, 0.05) is 26.1 Å². The summed E-state index contributed by atoms with van der Waals surface area (Å²) in [6, 6.07) is 16.7. The first-order chi connectivity index (χ1) is 15.2. The van der Waals surface area contributed by atoms with Gasteiger partial charge in [-0.15, -0.1) is 34.2 Å². The van der Waals surface area contributed by atoms with E-state index in [1.807, 2.05) is 12.1 Å². The van der Waals surface area contributed by atoms with Gasteiger partial charge in [-0.3, -0.25) is 0 Å². The average Bonchev–Trinajstić information content (AvgIpc) is 3.26. The zero-order valence-electron chi connectivity index (χ0n) is 19.0. The van der Waals surface area contributed by atoms with Crippen LogP contribution in [0, 0.1) is 6.92 Å². The van der Waals surface area contributed by atoms with Crippen LogP contribution in [0.4, 0.5) is 0 Å². The van der Waals surface area contributed by atoms with Crippen LogP contribution in [-0.2, 0) is 25.9 Å². The number of aryl methyl sites for hydroxylation is 2. The highest BCUT2D eigenvalue weighted by Gasteiger charge is 2.04. The lowest BCUT2D eigenvalue weighted by Gasteiger charge is -2.14. The fourth-order valence-corrected chi connectivity index (χ4v) is 3.19. The minimum absolute atomic E-state index is 0. The molecule has 32 heavy (non-hydrogen) atoms. The Labute approximate surface area is 207 Å². The standard InChI is InChI=1S/C24H32N6O.HI/c1-4-23-29-28-18-30(23)16-15-26-24(27-17-21-7-5-19(2)6-8-21)25-14-13-20-9-11-22(31-3)12-10-20;/h5-12,18H,4,13-17H2,1-3H3,(H2,25,26,27);1H. The second kappa shape index (κ2) is 13.7. The van der Waals surface area contributed by atoms with Crippen molar-refractivity contribution in [2.24, 2.45) is 4.99 Å². The fourth-order valence-electron chi connectivity index (χ4n) is 3.19. The largest absolute Gasteiger partial charge is 0.497 e. The normalized spacial score (nSPS) is 11.0. The molecule has 172 valence electrons. The molecule has 3 aromatic rings. The second-order valence-corrected chi connectivity index (χ2v) is 7.40. The third-order valence-corrected chi connectivity index (χ3v) is 5.06. The summed E-state index contributed by atoms with van der Waals surface area (Å²) in [4.78, 5) is 4.78. The molecule has 0 spiro atoms. The fraction of sp³-hybridized carbons (Fsp3) is 0.375. The molecule has 3 rings (SSSR count). The van der Waals surface area contributed by atoms with Gasteiger partial charge in [0.2, 0.25) is 0 Å². The second-order valence-electron chi connectivity index (χ2n) is 7.40. The van der Waals surface area contributed by atoms with Gasteiger partial charge in [-0.05, 0) is 36.6 Å². The number of rotatable bonds is 10. The molecule has 0 amide bonds. The van der Waals surface area contributed by atoms with E-state index >= 15 is 0 Å². The Bertz CT molecular complexity index is 953. The number of ether oxygens (including phenoxy) is 1. The summed E-state index contributed by atoms with van der Waals surface area (Å²) in [5.74, 6) is 2.67. The number of methoxy groups -OCH3 is 1. The molecule has 0 radical (unpaired) electrons. The summed E-state index contributed by atoms with van der Waals surface area (Å²) in [6.07, 6.45) is 3.55. The number of aromatic nitrogens is 3.